The largest absolute Gasteiger partial charge is 0.495 e. The number of fused-ring (bicyclic) bond motifs is 3. The highest BCUT2D eigenvalue weighted by atomic mass is 16.5. The van der Waals surface area contributed by atoms with Crippen molar-refractivity contribution in [2.45, 2.75) is 38.8 Å². The van der Waals surface area contributed by atoms with Crippen LogP contribution in [0.15, 0.2) is 54.0 Å². The highest BCUT2D eigenvalue weighted by Gasteiger charge is 2.43. The fourth-order valence-corrected chi connectivity index (χ4v) is 5.25. The number of hydroxylamine groups is 1. The number of carbonyl (C=O) groups excluding carboxylic acids is 2. The van der Waals surface area contributed by atoms with E-state index in [4.69, 9.17) is 4.74 Å². The van der Waals surface area contributed by atoms with E-state index in [1.165, 1.54) is 6.20 Å². The van der Waals surface area contributed by atoms with Crippen molar-refractivity contribution in [1.82, 2.24) is 15.2 Å². The van der Waals surface area contributed by atoms with E-state index in [2.05, 4.69) is 26.2 Å². The Bertz CT molecular complexity index is 1120. The summed E-state index contributed by atoms with van der Waals surface area (Å²) in [7, 11) is 1.71. The summed E-state index contributed by atoms with van der Waals surface area (Å²) < 4.78 is 5.54. The average molecular weight is 481 g/mol. The number of hydrogen-bond acceptors (Lipinski definition) is 8. The third kappa shape index (κ3) is 4.67. The number of nitrogens with one attached hydrogen (secondary N) is 1. The Morgan fingerprint density at radius 3 is 2.63 bits per heavy atom. The quantitative estimate of drug-likeness (QED) is 0.386. The lowest BCUT2D eigenvalue weighted by Gasteiger charge is -2.36. The van der Waals surface area contributed by atoms with Crippen LogP contribution in [0.25, 0.3) is 0 Å². The smallest absolute Gasteiger partial charge is 0.270 e. The lowest BCUT2D eigenvalue weighted by molar-refractivity contribution is -0.846. The number of allylic oxidation sites excluding steroid dienone is 2. The highest BCUT2D eigenvalue weighted by molar-refractivity contribution is 6.24. The summed E-state index contributed by atoms with van der Waals surface area (Å²) in [6, 6.07) is 12.3. The fraction of sp³-hybridized carbons (Fsp3) is 0.423. The van der Waals surface area contributed by atoms with Crippen LogP contribution >= 0.6 is 0 Å². The number of nitrogens with zero attached hydrogens (tertiary/aromatic N) is 3. The van der Waals surface area contributed by atoms with Crippen LogP contribution in [0.3, 0.4) is 0 Å². The number of piperazine rings is 1. The molecule has 2 aromatic rings. The van der Waals surface area contributed by atoms with Gasteiger partial charge in [-0.3, -0.25) is 19.5 Å². The maximum atomic E-state index is 12.8. The number of anilines is 1. The van der Waals surface area contributed by atoms with Crippen molar-refractivity contribution in [1.29, 1.82) is 0 Å². The number of aromatic nitrogens is 1. The molecule has 1 aromatic heterocycles. The Morgan fingerprint density at radius 1 is 1.11 bits per heavy atom. The van der Waals surface area contributed by atoms with Gasteiger partial charge in [0.15, 0.2) is 5.70 Å². The Morgan fingerprint density at radius 2 is 1.91 bits per heavy atom. The van der Waals surface area contributed by atoms with Gasteiger partial charge in [0.1, 0.15) is 11.4 Å². The minimum Gasteiger partial charge on any atom is -0.495 e. The summed E-state index contributed by atoms with van der Waals surface area (Å²) in [5.74, 6) is 0.156. The van der Waals surface area contributed by atoms with Gasteiger partial charge in [0.2, 0.25) is 11.5 Å². The lowest BCUT2D eigenvalue weighted by atomic mass is 9.94. The minimum atomic E-state index is -0.441. The molecule has 2 fully saturated rings. The fourth-order valence-electron chi connectivity index (χ4n) is 5.25. The minimum absolute atomic E-state index is 0.0288. The third-order valence-corrected chi connectivity index (χ3v) is 6.81. The van der Waals surface area contributed by atoms with Crippen molar-refractivity contribution in [3.8, 4) is 5.75 Å². The van der Waals surface area contributed by atoms with Gasteiger partial charge in [0.25, 0.3) is 5.78 Å². The number of para-hydroxylation sites is 2. The van der Waals surface area contributed by atoms with Gasteiger partial charge in [-0.25, -0.2) is 5.21 Å². The maximum Gasteiger partial charge on any atom is 0.270 e. The Labute approximate surface area is 205 Å². The second kappa shape index (κ2) is 11.0. The number of pyridine rings is 1. The molecule has 3 heterocycles. The van der Waals surface area contributed by atoms with E-state index < -0.39 is 5.78 Å². The molecular formula is C26H34N5O4+. The summed E-state index contributed by atoms with van der Waals surface area (Å²) >= 11 is 0. The number of carbonyl (C=O) groups is 2. The van der Waals surface area contributed by atoms with Crippen molar-refractivity contribution in [3.63, 3.8) is 0 Å². The van der Waals surface area contributed by atoms with Crippen LogP contribution in [-0.4, -0.2) is 72.0 Å². The molecule has 2 bridgehead atoms. The van der Waals surface area contributed by atoms with Crippen molar-refractivity contribution < 1.29 is 25.0 Å². The van der Waals surface area contributed by atoms with E-state index >= 15 is 0 Å². The molecule has 1 aromatic carbocycles. The van der Waals surface area contributed by atoms with E-state index in [0.29, 0.717) is 24.1 Å². The number of benzene rings is 1. The van der Waals surface area contributed by atoms with Crippen LogP contribution in [-0.2, 0) is 0 Å². The molecule has 2 aliphatic heterocycles. The van der Waals surface area contributed by atoms with Crippen molar-refractivity contribution >= 4 is 17.3 Å². The zero-order valence-corrected chi connectivity index (χ0v) is 20.5. The molecule has 0 spiro atoms. The number of nitrogens with two attached hydrogens (primary N) is 1. The van der Waals surface area contributed by atoms with Crippen LogP contribution in [0.1, 0.15) is 47.5 Å². The summed E-state index contributed by atoms with van der Waals surface area (Å²) in [5.41, 5.74) is 2.33. The summed E-state index contributed by atoms with van der Waals surface area (Å²) in [6.45, 7) is 7.41. The Hall–Kier alpha value is -3.27. The number of quaternary nitrogens is 1. The van der Waals surface area contributed by atoms with E-state index in [-0.39, 0.29) is 28.4 Å². The molecule has 186 valence electrons. The number of likely N-dealkylation sites (tertiary alicyclic amines) is 1. The topological polar surface area (TPSA) is 112 Å². The lowest BCUT2D eigenvalue weighted by Crippen LogP contribution is -2.81. The van der Waals surface area contributed by atoms with Gasteiger partial charge in [-0.2, -0.15) is 5.48 Å². The summed E-state index contributed by atoms with van der Waals surface area (Å²) in [5, 5.41) is 12.7. The molecule has 0 amide bonds. The van der Waals surface area contributed by atoms with Crippen molar-refractivity contribution in [2.24, 2.45) is 0 Å². The number of rotatable bonds is 8. The van der Waals surface area contributed by atoms with E-state index in [1.807, 2.05) is 32.0 Å². The van der Waals surface area contributed by atoms with Crippen LogP contribution in [0.5, 0.6) is 5.75 Å². The Kier molecular flexibility index (Phi) is 7.80. The van der Waals surface area contributed by atoms with Crippen LogP contribution in [0, 0.1) is 0 Å². The summed E-state index contributed by atoms with van der Waals surface area (Å²) in [4.78, 5) is 34.4. The molecule has 0 radical (unpaired) electrons. The summed E-state index contributed by atoms with van der Waals surface area (Å²) in [6.07, 6.45) is 3.43. The molecule has 9 nitrogen and oxygen atoms in total. The first kappa shape index (κ1) is 24.8. The highest BCUT2D eigenvalue weighted by Crippen LogP contribution is 2.38. The van der Waals surface area contributed by atoms with Crippen molar-refractivity contribution in [2.75, 3.05) is 38.2 Å². The second-order valence-corrected chi connectivity index (χ2v) is 8.62. The van der Waals surface area contributed by atoms with Crippen molar-refractivity contribution in [3.05, 3.63) is 65.2 Å². The van der Waals surface area contributed by atoms with Gasteiger partial charge in [-0.05, 0) is 37.1 Å². The second-order valence-electron chi connectivity index (χ2n) is 8.62. The van der Waals surface area contributed by atoms with Gasteiger partial charge in [0.05, 0.1) is 18.4 Å². The number of ether oxygens (including phenoxy) is 1. The van der Waals surface area contributed by atoms with Gasteiger partial charge in [0, 0.05) is 44.5 Å². The predicted molar refractivity (Wildman–Crippen MR) is 132 cm³/mol. The number of hydrogen-bond donors (Lipinski definition) is 3. The first-order chi connectivity index (χ1) is 17.1. The zero-order valence-electron chi connectivity index (χ0n) is 20.5. The predicted octanol–water partition coefficient (Wildman–Crippen LogP) is 1.60. The van der Waals surface area contributed by atoms with Crippen LogP contribution in [0.2, 0.25) is 0 Å². The zero-order chi connectivity index (χ0) is 24.9. The average Bonchev–Trinajstić information content (AvgIpc) is 3.51. The molecule has 3 aliphatic rings. The molecule has 2 saturated heterocycles. The number of ketones is 2. The van der Waals surface area contributed by atoms with Crippen LogP contribution < -0.4 is 20.4 Å². The molecule has 35 heavy (non-hydrogen) atoms. The van der Waals surface area contributed by atoms with Gasteiger partial charge in [-0.1, -0.05) is 26.0 Å². The number of Topliss-reactive ketones (excluding diaryl/α,β-unsaturated/α-hetero) is 2. The number of methoxy groups -OCH3 is 1. The maximum absolute atomic E-state index is 12.8. The van der Waals surface area contributed by atoms with E-state index in [1.54, 1.807) is 19.2 Å². The van der Waals surface area contributed by atoms with E-state index in [9.17, 15) is 14.8 Å². The van der Waals surface area contributed by atoms with Gasteiger partial charge >= 0.3 is 0 Å². The molecule has 1 aliphatic carbocycles. The van der Waals surface area contributed by atoms with E-state index in [0.717, 1.165) is 43.9 Å². The third-order valence-electron chi connectivity index (χ3n) is 6.81. The first-order valence-corrected chi connectivity index (χ1v) is 12.3. The molecule has 2 atom stereocenters. The first-order valence-electron chi connectivity index (χ1n) is 12.3. The monoisotopic (exact) mass is 480 g/mol. The molecule has 0 saturated carbocycles. The van der Waals surface area contributed by atoms with Crippen LogP contribution in [0.4, 0.5) is 5.69 Å². The molecule has 2 unspecified atom stereocenters. The van der Waals surface area contributed by atoms with Gasteiger partial charge in [-0.15, -0.1) is 0 Å². The molecule has 5 rings (SSSR count). The molecular weight excluding hydrogens is 446 g/mol. The standard InChI is InChI=1S/C24H27N5O4.C2H6/c1-33-19-8-3-2-7-18(19)29-14-15-12-16(29)13-28(15)11-5-10-26-21-22(27-32)24(31)20-17(23(21)30)6-4-9-25-20;1-2/h2-4,6-9,15-16,26-27,32H,5,10-14H2,1H3;1-2H3/p+1. The normalized spacial score (nSPS) is 21.1. The Balaban J connectivity index is 0.00000141. The molecule has 4 N–H and O–H groups in total. The molecule has 9 heteroatoms. The van der Waals surface area contributed by atoms with Gasteiger partial charge < -0.3 is 15.0 Å². The SMILES string of the molecule is CC.COc1ccccc1N1CC2CC1CN2CCCNC1=C([NH2+]O)C(=O)c2ncccc2C1=O.